The lowest BCUT2D eigenvalue weighted by Crippen LogP contribution is -2.44. The molecule has 0 aliphatic heterocycles. The Morgan fingerprint density at radius 2 is 0.935 bits per heavy atom. The molecule has 0 aromatic heterocycles. The quantitative estimate of drug-likeness (QED) is 0.140. The largest absolute Gasteiger partial charge is 0.345 e. The summed E-state index contributed by atoms with van der Waals surface area (Å²) in [6.07, 6.45) is 20.0. The minimum Gasteiger partial charge on any atom is -0.345 e. The van der Waals surface area contributed by atoms with E-state index in [1.165, 1.54) is 70.6 Å². The van der Waals surface area contributed by atoms with Gasteiger partial charge >= 0.3 is 0 Å². The van der Waals surface area contributed by atoms with Gasteiger partial charge in [0.25, 0.3) is 0 Å². The van der Waals surface area contributed by atoms with Gasteiger partial charge in [0.2, 0.25) is 11.8 Å². The number of carbonyl (C=O) groups is 2. The maximum absolute atomic E-state index is 13.0. The van der Waals surface area contributed by atoms with Crippen LogP contribution >= 0.6 is 0 Å². The zero-order valence-corrected chi connectivity index (χ0v) is 21.7. The summed E-state index contributed by atoms with van der Waals surface area (Å²) < 4.78 is 0. The SMILES string of the molecule is CCCCCCCCCCCCCCN(CCCC)C(=O)C(C)C(=O)N(C)CCCC. The Balaban J connectivity index is 4.13. The maximum Gasteiger partial charge on any atom is 0.234 e. The van der Waals surface area contributed by atoms with Gasteiger partial charge in [-0.25, -0.2) is 0 Å². The molecule has 0 aliphatic rings. The van der Waals surface area contributed by atoms with E-state index < -0.39 is 5.92 Å². The standard InChI is InChI=1S/C27H54N2O2/c1-6-9-12-13-14-15-16-17-18-19-20-21-24-29(23-11-8-3)27(31)25(4)26(30)28(5)22-10-7-2/h25H,6-24H2,1-5H3. The Bertz CT molecular complexity index is 439. The van der Waals surface area contributed by atoms with Crippen molar-refractivity contribution >= 4 is 11.8 Å². The molecule has 0 saturated heterocycles. The van der Waals surface area contributed by atoms with Crippen molar-refractivity contribution in [2.45, 2.75) is 130 Å². The summed E-state index contributed by atoms with van der Waals surface area (Å²) in [5.41, 5.74) is 0. The first kappa shape index (κ1) is 29.9. The van der Waals surface area contributed by atoms with Crippen LogP contribution in [0.2, 0.25) is 0 Å². The molecule has 0 fully saturated rings. The van der Waals surface area contributed by atoms with Crippen LogP contribution in [0, 0.1) is 5.92 Å². The van der Waals surface area contributed by atoms with Crippen LogP contribution in [0.5, 0.6) is 0 Å². The fourth-order valence-corrected chi connectivity index (χ4v) is 4.04. The highest BCUT2D eigenvalue weighted by atomic mass is 16.2. The number of hydrogen-bond donors (Lipinski definition) is 0. The molecule has 1 atom stereocenters. The summed E-state index contributed by atoms with van der Waals surface area (Å²) in [6, 6.07) is 0. The van der Waals surface area contributed by atoms with Gasteiger partial charge in [-0.05, 0) is 26.2 Å². The van der Waals surface area contributed by atoms with E-state index in [1.54, 1.807) is 11.8 Å². The lowest BCUT2D eigenvalue weighted by molar-refractivity contribution is -0.145. The molecule has 184 valence electrons. The highest BCUT2D eigenvalue weighted by Gasteiger charge is 2.28. The summed E-state index contributed by atoms with van der Waals surface area (Å²) in [6.45, 7) is 10.6. The van der Waals surface area contributed by atoms with Crippen molar-refractivity contribution in [3.63, 3.8) is 0 Å². The lowest BCUT2D eigenvalue weighted by atomic mass is 10.0. The second-order valence-electron chi connectivity index (χ2n) is 9.40. The zero-order chi connectivity index (χ0) is 23.3. The van der Waals surface area contributed by atoms with Crippen molar-refractivity contribution < 1.29 is 9.59 Å². The molecule has 0 N–H and O–H groups in total. The van der Waals surface area contributed by atoms with Gasteiger partial charge in [0.05, 0.1) is 0 Å². The molecule has 0 aromatic rings. The van der Waals surface area contributed by atoms with Crippen LogP contribution in [0.25, 0.3) is 0 Å². The van der Waals surface area contributed by atoms with Gasteiger partial charge in [0.1, 0.15) is 5.92 Å². The molecule has 1 unspecified atom stereocenters. The molecule has 4 nitrogen and oxygen atoms in total. The molecule has 0 heterocycles. The Kier molecular flexibility index (Phi) is 20.1. The van der Waals surface area contributed by atoms with Crippen molar-refractivity contribution in [1.82, 2.24) is 9.80 Å². The smallest absolute Gasteiger partial charge is 0.234 e. The van der Waals surface area contributed by atoms with Gasteiger partial charge in [0, 0.05) is 26.7 Å². The molecule has 0 rings (SSSR count). The second kappa shape index (κ2) is 20.8. The fraction of sp³-hybridized carbons (Fsp3) is 0.926. The predicted octanol–water partition coefficient (Wildman–Crippen LogP) is 7.21. The van der Waals surface area contributed by atoms with Crippen LogP contribution in [0.3, 0.4) is 0 Å². The molecule has 0 saturated carbocycles. The number of amides is 2. The number of rotatable bonds is 21. The van der Waals surface area contributed by atoms with Gasteiger partial charge in [0.15, 0.2) is 0 Å². The minimum atomic E-state index is -0.559. The maximum atomic E-state index is 13.0. The Morgan fingerprint density at radius 3 is 1.42 bits per heavy atom. The van der Waals surface area contributed by atoms with E-state index in [0.717, 1.165) is 51.7 Å². The summed E-state index contributed by atoms with van der Waals surface area (Å²) in [7, 11) is 1.82. The average Bonchev–Trinajstić information content (AvgIpc) is 2.78. The Morgan fingerprint density at radius 1 is 0.548 bits per heavy atom. The van der Waals surface area contributed by atoms with Crippen LogP contribution in [0.15, 0.2) is 0 Å². The first-order chi connectivity index (χ1) is 15.0. The van der Waals surface area contributed by atoms with Crippen molar-refractivity contribution in [3.8, 4) is 0 Å². The lowest BCUT2D eigenvalue weighted by Gasteiger charge is -2.28. The van der Waals surface area contributed by atoms with E-state index in [0.29, 0.717) is 0 Å². The highest BCUT2D eigenvalue weighted by Crippen LogP contribution is 2.14. The van der Waals surface area contributed by atoms with Crippen molar-refractivity contribution in [3.05, 3.63) is 0 Å². The molecule has 4 heteroatoms. The monoisotopic (exact) mass is 438 g/mol. The van der Waals surface area contributed by atoms with Crippen molar-refractivity contribution in [1.29, 1.82) is 0 Å². The third-order valence-electron chi connectivity index (χ3n) is 6.34. The minimum absolute atomic E-state index is 0.0184. The van der Waals surface area contributed by atoms with E-state index in [9.17, 15) is 9.59 Å². The molecule has 0 radical (unpaired) electrons. The average molecular weight is 439 g/mol. The van der Waals surface area contributed by atoms with Crippen LogP contribution in [0.4, 0.5) is 0 Å². The molecular formula is C27H54N2O2. The van der Waals surface area contributed by atoms with Crippen LogP contribution in [-0.2, 0) is 9.59 Å². The van der Waals surface area contributed by atoms with Gasteiger partial charge in [-0.15, -0.1) is 0 Å². The first-order valence-corrected chi connectivity index (χ1v) is 13.5. The predicted molar refractivity (Wildman–Crippen MR) is 134 cm³/mol. The van der Waals surface area contributed by atoms with Crippen LogP contribution in [-0.4, -0.2) is 48.3 Å². The number of unbranched alkanes of at least 4 members (excludes halogenated alkanes) is 13. The summed E-state index contributed by atoms with van der Waals surface area (Å²) in [5, 5.41) is 0. The fourth-order valence-electron chi connectivity index (χ4n) is 4.04. The number of hydrogen-bond acceptors (Lipinski definition) is 2. The van der Waals surface area contributed by atoms with Crippen LogP contribution < -0.4 is 0 Å². The molecular weight excluding hydrogens is 384 g/mol. The Hall–Kier alpha value is -1.06. The molecule has 0 bridgehead atoms. The van der Waals surface area contributed by atoms with E-state index in [4.69, 9.17) is 0 Å². The molecule has 0 spiro atoms. The first-order valence-electron chi connectivity index (χ1n) is 13.5. The molecule has 31 heavy (non-hydrogen) atoms. The normalized spacial score (nSPS) is 12.0. The van der Waals surface area contributed by atoms with Gasteiger partial charge < -0.3 is 9.80 Å². The molecule has 0 aromatic carbocycles. The molecule has 2 amide bonds. The van der Waals surface area contributed by atoms with Crippen LogP contribution in [0.1, 0.15) is 130 Å². The third-order valence-corrected chi connectivity index (χ3v) is 6.34. The van der Waals surface area contributed by atoms with Crippen molar-refractivity contribution in [2.24, 2.45) is 5.92 Å². The van der Waals surface area contributed by atoms with Crippen molar-refractivity contribution in [2.75, 3.05) is 26.7 Å². The summed E-state index contributed by atoms with van der Waals surface area (Å²) >= 11 is 0. The van der Waals surface area contributed by atoms with E-state index >= 15 is 0 Å². The van der Waals surface area contributed by atoms with E-state index in [2.05, 4.69) is 20.8 Å². The Labute approximate surface area is 194 Å². The van der Waals surface area contributed by atoms with Gasteiger partial charge in [-0.1, -0.05) is 104 Å². The van der Waals surface area contributed by atoms with E-state index in [-0.39, 0.29) is 11.8 Å². The van der Waals surface area contributed by atoms with E-state index in [1.807, 2.05) is 11.9 Å². The van der Waals surface area contributed by atoms with Gasteiger partial charge in [-0.3, -0.25) is 9.59 Å². The third kappa shape index (κ3) is 15.4. The second-order valence-corrected chi connectivity index (χ2v) is 9.40. The zero-order valence-electron chi connectivity index (χ0n) is 21.7. The summed E-state index contributed by atoms with van der Waals surface area (Å²) in [4.78, 5) is 29.3. The number of carbonyl (C=O) groups excluding carboxylic acids is 2. The highest BCUT2D eigenvalue weighted by molar-refractivity contribution is 5.99. The topological polar surface area (TPSA) is 40.6 Å². The molecule has 0 aliphatic carbocycles. The summed E-state index contributed by atoms with van der Waals surface area (Å²) in [5.74, 6) is -0.574. The van der Waals surface area contributed by atoms with Gasteiger partial charge in [-0.2, -0.15) is 0 Å². The number of nitrogens with zero attached hydrogens (tertiary/aromatic N) is 2.